The van der Waals surface area contributed by atoms with Crippen molar-refractivity contribution >= 4 is 17.9 Å². The topological polar surface area (TPSA) is 108 Å². The highest BCUT2D eigenvalue weighted by Crippen LogP contribution is 2.21. The second kappa shape index (κ2) is 75.8. The predicted molar refractivity (Wildman–Crippen MR) is 402 cm³/mol. The Morgan fingerprint density at radius 2 is 0.548 bits per heavy atom. The molecule has 0 rings (SSSR count). The molecule has 2 atom stereocenters. The summed E-state index contributed by atoms with van der Waals surface area (Å²) >= 11 is 0. The molecule has 0 saturated heterocycles. The van der Waals surface area contributed by atoms with Gasteiger partial charge in [-0.3, -0.25) is 9.59 Å². The predicted octanol–water partition coefficient (Wildman–Crippen LogP) is 26.7. The first-order chi connectivity index (χ1) is 45.6. The van der Waals surface area contributed by atoms with Gasteiger partial charge in [0.05, 0.1) is 34.4 Å². The van der Waals surface area contributed by atoms with Crippen molar-refractivity contribution in [1.29, 1.82) is 0 Å². The number of carbonyl (C=O) groups is 3. The molecule has 93 heavy (non-hydrogen) atoms. The molecule has 0 aliphatic heterocycles. The SMILES string of the molecule is CCCCCCCCCC/C=C\CCCCCCCCCCCCCCCCCCCCCCCC(=O)OC(COC(=O)CCCCCCCCCCCCCCCCCCCCCCCCCCCCCCCCCCCCC)COC(OCC[N+](C)(C)C)C(=O)O. The quantitative estimate of drug-likeness (QED) is 0.0211. The first kappa shape index (κ1) is 91.0. The molecule has 0 aliphatic carbocycles. The zero-order chi connectivity index (χ0) is 67.5. The van der Waals surface area contributed by atoms with Crippen LogP contribution >= 0.6 is 0 Å². The van der Waals surface area contributed by atoms with E-state index in [-0.39, 0.29) is 38.2 Å². The molecule has 0 bridgehead atoms. The summed E-state index contributed by atoms with van der Waals surface area (Å²) in [6.07, 6.45) is 92.5. The lowest BCUT2D eigenvalue weighted by molar-refractivity contribution is -0.870. The highest BCUT2D eigenvalue weighted by atomic mass is 16.7. The van der Waals surface area contributed by atoms with E-state index in [0.717, 1.165) is 38.5 Å². The van der Waals surface area contributed by atoms with Gasteiger partial charge in [0.1, 0.15) is 13.2 Å². The van der Waals surface area contributed by atoms with Gasteiger partial charge in [0.2, 0.25) is 0 Å². The molecule has 0 amide bonds. The van der Waals surface area contributed by atoms with E-state index in [1.165, 1.54) is 385 Å². The number of rotatable bonds is 80. The minimum Gasteiger partial charge on any atom is -0.477 e. The molecule has 9 heteroatoms. The van der Waals surface area contributed by atoms with Gasteiger partial charge in [0.25, 0.3) is 6.29 Å². The number of carboxylic acids is 1. The van der Waals surface area contributed by atoms with Gasteiger partial charge in [-0.2, -0.15) is 0 Å². The zero-order valence-corrected chi connectivity index (χ0v) is 63.5. The van der Waals surface area contributed by atoms with Crippen LogP contribution in [0.2, 0.25) is 0 Å². The Bertz CT molecular complexity index is 1530. The maximum atomic E-state index is 13.0. The van der Waals surface area contributed by atoms with Crippen LogP contribution in [0.3, 0.4) is 0 Å². The molecule has 9 nitrogen and oxygen atoms in total. The van der Waals surface area contributed by atoms with Gasteiger partial charge >= 0.3 is 17.9 Å². The van der Waals surface area contributed by atoms with Gasteiger partial charge in [-0.25, -0.2) is 4.79 Å². The Hall–Kier alpha value is -1.97. The smallest absolute Gasteiger partial charge is 0.361 e. The Balaban J connectivity index is 3.93. The zero-order valence-electron chi connectivity index (χ0n) is 63.5. The molecule has 0 fully saturated rings. The standard InChI is InChI=1S/C84H163NO8/c1-6-8-10-12-14-16-18-20-22-24-26-28-30-32-34-36-38-40-41-43-44-46-48-50-52-54-56-58-60-62-64-66-68-70-72-74-81(86)91-78-80(79-92-84(83(88)89)90-77-76-85(3,4)5)93-82(87)75-73-71-69-67-65-63-61-59-57-55-53-51-49-47-45-42-39-37-35-33-31-29-27-25-23-21-19-17-15-13-11-9-7-2/h25,27,80,84H,6-24,26,28-79H2,1-5H3/p+1/b27-25-. The van der Waals surface area contributed by atoms with Crippen molar-refractivity contribution in [2.45, 2.75) is 463 Å². The summed E-state index contributed by atoms with van der Waals surface area (Å²) in [5, 5.41) is 9.78. The number of quaternary nitrogens is 1. The van der Waals surface area contributed by atoms with Crippen LogP contribution in [0.25, 0.3) is 0 Å². The van der Waals surface area contributed by atoms with Crippen LogP contribution in [0, 0.1) is 0 Å². The van der Waals surface area contributed by atoms with Crippen molar-refractivity contribution in [1.82, 2.24) is 0 Å². The molecule has 0 radical (unpaired) electrons. The monoisotopic (exact) mass is 1320 g/mol. The van der Waals surface area contributed by atoms with Crippen LogP contribution in [0.5, 0.6) is 0 Å². The minimum absolute atomic E-state index is 0.173. The van der Waals surface area contributed by atoms with E-state index in [2.05, 4.69) is 26.0 Å². The van der Waals surface area contributed by atoms with E-state index in [0.29, 0.717) is 17.4 Å². The van der Waals surface area contributed by atoms with Crippen LogP contribution in [0.4, 0.5) is 0 Å². The van der Waals surface area contributed by atoms with Crippen molar-refractivity contribution in [3.8, 4) is 0 Å². The molecular formula is C84H164NO8+. The van der Waals surface area contributed by atoms with Gasteiger partial charge in [0.15, 0.2) is 6.10 Å². The summed E-state index contributed by atoms with van der Waals surface area (Å²) in [6.45, 7) is 4.98. The van der Waals surface area contributed by atoms with Crippen molar-refractivity contribution in [3.05, 3.63) is 12.2 Å². The second-order valence-electron chi connectivity index (χ2n) is 30.2. The number of hydrogen-bond donors (Lipinski definition) is 1. The molecule has 0 aliphatic rings. The Morgan fingerprint density at radius 1 is 0.312 bits per heavy atom. The molecular weight excluding hydrogens is 1150 g/mol. The van der Waals surface area contributed by atoms with Gasteiger partial charge in [-0.15, -0.1) is 0 Å². The summed E-state index contributed by atoms with van der Waals surface area (Å²) in [6, 6.07) is 0. The summed E-state index contributed by atoms with van der Waals surface area (Å²) < 4.78 is 23.1. The first-order valence-electron chi connectivity index (χ1n) is 41.9. The maximum absolute atomic E-state index is 13.0. The van der Waals surface area contributed by atoms with Crippen LogP contribution in [0.1, 0.15) is 450 Å². The molecule has 0 spiro atoms. The number of carbonyl (C=O) groups excluding carboxylic acids is 2. The molecule has 552 valence electrons. The van der Waals surface area contributed by atoms with Crippen molar-refractivity contribution in [2.75, 3.05) is 47.5 Å². The third-order valence-corrected chi connectivity index (χ3v) is 19.5. The molecule has 1 N–H and O–H groups in total. The molecule has 0 aromatic heterocycles. The van der Waals surface area contributed by atoms with E-state index in [1.54, 1.807) is 0 Å². The Kier molecular flexibility index (Phi) is 74.2. The Morgan fingerprint density at radius 3 is 0.796 bits per heavy atom. The number of unbranched alkanes of at least 4 members (excludes halogenated alkanes) is 63. The molecule has 0 aromatic carbocycles. The van der Waals surface area contributed by atoms with Crippen LogP contribution in [0.15, 0.2) is 12.2 Å². The number of nitrogens with zero attached hydrogens (tertiary/aromatic N) is 1. The fourth-order valence-corrected chi connectivity index (χ4v) is 13.1. The molecule has 0 saturated carbocycles. The van der Waals surface area contributed by atoms with E-state index in [9.17, 15) is 19.5 Å². The van der Waals surface area contributed by atoms with Crippen molar-refractivity contribution in [3.63, 3.8) is 0 Å². The van der Waals surface area contributed by atoms with Gasteiger partial charge in [-0.1, -0.05) is 411 Å². The van der Waals surface area contributed by atoms with Crippen molar-refractivity contribution in [2.24, 2.45) is 0 Å². The van der Waals surface area contributed by atoms with Crippen LogP contribution in [-0.2, 0) is 33.3 Å². The van der Waals surface area contributed by atoms with Gasteiger partial charge in [0, 0.05) is 12.8 Å². The summed E-state index contributed by atoms with van der Waals surface area (Å²) in [5.74, 6) is -1.96. The van der Waals surface area contributed by atoms with Crippen LogP contribution < -0.4 is 0 Å². The lowest BCUT2D eigenvalue weighted by Gasteiger charge is -2.25. The number of esters is 2. The molecule has 0 aromatic rings. The third kappa shape index (κ3) is 77.3. The lowest BCUT2D eigenvalue weighted by Crippen LogP contribution is -2.40. The number of allylic oxidation sites excluding steroid dienone is 2. The number of aliphatic carboxylic acids is 1. The number of likely N-dealkylation sites (N-methyl/N-ethyl adjacent to an activating group) is 1. The highest BCUT2D eigenvalue weighted by molar-refractivity contribution is 5.71. The number of carboxylic acid groups (broad SMARTS) is 1. The molecule has 2 unspecified atom stereocenters. The average molecular weight is 1320 g/mol. The van der Waals surface area contributed by atoms with Gasteiger partial charge in [-0.05, 0) is 38.5 Å². The van der Waals surface area contributed by atoms with Crippen molar-refractivity contribution < 1.29 is 42.9 Å². The third-order valence-electron chi connectivity index (χ3n) is 19.5. The largest absolute Gasteiger partial charge is 0.477 e. The minimum atomic E-state index is -1.51. The molecule has 0 heterocycles. The Labute approximate surface area is 580 Å². The average Bonchev–Trinajstić information content (AvgIpc) is 3.74. The number of hydrogen-bond acceptors (Lipinski definition) is 7. The van der Waals surface area contributed by atoms with E-state index < -0.39 is 18.4 Å². The fourth-order valence-electron chi connectivity index (χ4n) is 13.1. The van der Waals surface area contributed by atoms with E-state index in [4.69, 9.17) is 18.9 Å². The van der Waals surface area contributed by atoms with E-state index in [1.807, 2.05) is 21.1 Å². The summed E-state index contributed by atoms with van der Waals surface area (Å²) in [7, 11) is 6.00. The summed E-state index contributed by atoms with van der Waals surface area (Å²) in [5.41, 5.74) is 0. The van der Waals surface area contributed by atoms with Crippen LogP contribution in [-0.4, -0.2) is 87.4 Å². The van der Waals surface area contributed by atoms with E-state index >= 15 is 0 Å². The lowest BCUT2D eigenvalue weighted by atomic mass is 10.0. The normalized spacial score (nSPS) is 12.6. The highest BCUT2D eigenvalue weighted by Gasteiger charge is 2.25. The fraction of sp³-hybridized carbons (Fsp3) is 0.940. The first-order valence-corrected chi connectivity index (χ1v) is 41.9. The maximum Gasteiger partial charge on any atom is 0.361 e. The summed E-state index contributed by atoms with van der Waals surface area (Å²) in [4.78, 5) is 37.8. The number of ether oxygens (including phenoxy) is 4. The van der Waals surface area contributed by atoms with Gasteiger partial charge < -0.3 is 28.5 Å². The second-order valence-corrected chi connectivity index (χ2v) is 30.2.